The SMILES string of the molecule is CC(C)CCN(CCC(C)C)C(CN)C1CCC1. The van der Waals surface area contributed by atoms with Gasteiger partial charge in [-0.3, -0.25) is 4.90 Å². The molecule has 1 saturated carbocycles. The third-order valence-corrected chi connectivity index (χ3v) is 4.39. The first-order valence-corrected chi connectivity index (χ1v) is 7.98. The van der Waals surface area contributed by atoms with Crippen LogP contribution in [0.2, 0.25) is 0 Å². The van der Waals surface area contributed by atoms with Crippen LogP contribution in [-0.2, 0) is 0 Å². The topological polar surface area (TPSA) is 29.3 Å². The van der Waals surface area contributed by atoms with E-state index in [2.05, 4.69) is 32.6 Å². The molecule has 108 valence electrons. The number of hydrogen-bond donors (Lipinski definition) is 1. The lowest BCUT2D eigenvalue weighted by Crippen LogP contribution is -2.48. The van der Waals surface area contributed by atoms with Crippen molar-refractivity contribution in [1.29, 1.82) is 0 Å². The quantitative estimate of drug-likeness (QED) is 0.682. The smallest absolute Gasteiger partial charge is 0.0246 e. The van der Waals surface area contributed by atoms with Crippen LogP contribution < -0.4 is 5.73 Å². The molecule has 1 aliphatic rings. The van der Waals surface area contributed by atoms with Crippen LogP contribution in [0.15, 0.2) is 0 Å². The van der Waals surface area contributed by atoms with Crippen molar-refractivity contribution < 1.29 is 0 Å². The molecule has 1 aliphatic carbocycles. The highest BCUT2D eigenvalue weighted by atomic mass is 15.2. The molecule has 0 saturated heterocycles. The molecule has 2 N–H and O–H groups in total. The van der Waals surface area contributed by atoms with E-state index in [9.17, 15) is 0 Å². The fourth-order valence-electron chi connectivity index (χ4n) is 2.76. The Morgan fingerprint density at radius 2 is 1.50 bits per heavy atom. The fraction of sp³-hybridized carbons (Fsp3) is 1.00. The largest absolute Gasteiger partial charge is 0.329 e. The second-order valence-electron chi connectivity index (χ2n) is 6.90. The van der Waals surface area contributed by atoms with E-state index in [1.807, 2.05) is 0 Å². The zero-order valence-corrected chi connectivity index (χ0v) is 13.0. The van der Waals surface area contributed by atoms with E-state index in [1.54, 1.807) is 0 Å². The maximum atomic E-state index is 6.06. The third-order valence-electron chi connectivity index (χ3n) is 4.39. The Hall–Kier alpha value is -0.0800. The summed E-state index contributed by atoms with van der Waals surface area (Å²) < 4.78 is 0. The number of hydrogen-bond acceptors (Lipinski definition) is 2. The molecule has 0 bridgehead atoms. The lowest BCUT2D eigenvalue weighted by Gasteiger charge is -2.41. The Balaban J connectivity index is 2.49. The zero-order valence-electron chi connectivity index (χ0n) is 13.0. The predicted octanol–water partition coefficient (Wildman–Crippen LogP) is 3.51. The fourth-order valence-corrected chi connectivity index (χ4v) is 2.76. The third kappa shape index (κ3) is 5.27. The summed E-state index contributed by atoms with van der Waals surface area (Å²) in [5, 5.41) is 0. The van der Waals surface area contributed by atoms with Gasteiger partial charge in [0.2, 0.25) is 0 Å². The van der Waals surface area contributed by atoms with Gasteiger partial charge in [0.25, 0.3) is 0 Å². The molecular weight excluding hydrogens is 220 g/mol. The summed E-state index contributed by atoms with van der Waals surface area (Å²) in [6, 6.07) is 0.649. The molecule has 1 unspecified atom stereocenters. The molecule has 0 heterocycles. The molecule has 0 aromatic carbocycles. The molecule has 0 aromatic rings. The molecule has 18 heavy (non-hydrogen) atoms. The summed E-state index contributed by atoms with van der Waals surface area (Å²) >= 11 is 0. The van der Waals surface area contributed by atoms with Crippen molar-refractivity contribution in [2.45, 2.75) is 65.8 Å². The summed E-state index contributed by atoms with van der Waals surface area (Å²) in [4.78, 5) is 2.70. The van der Waals surface area contributed by atoms with Gasteiger partial charge in [-0.1, -0.05) is 34.1 Å². The number of rotatable bonds is 9. The summed E-state index contributed by atoms with van der Waals surface area (Å²) in [5.41, 5.74) is 6.06. The Bertz CT molecular complexity index is 197. The van der Waals surface area contributed by atoms with Gasteiger partial charge in [-0.15, -0.1) is 0 Å². The van der Waals surface area contributed by atoms with E-state index in [4.69, 9.17) is 5.73 Å². The maximum Gasteiger partial charge on any atom is 0.0246 e. The van der Waals surface area contributed by atoms with Crippen LogP contribution in [0.1, 0.15) is 59.8 Å². The first-order chi connectivity index (χ1) is 8.54. The second kappa shape index (κ2) is 8.16. The summed E-state index contributed by atoms with van der Waals surface area (Å²) in [6.07, 6.45) is 6.84. The van der Waals surface area contributed by atoms with E-state index in [0.29, 0.717) is 6.04 Å². The van der Waals surface area contributed by atoms with Crippen LogP contribution >= 0.6 is 0 Å². The molecule has 0 amide bonds. The van der Waals surface area contributed by atoms with Gasteiger partial charge in [-0.25, -0.2) is 0 Å². The highest BCUT2D eigenvalue weighted by Crippen LogP contribution is 2.32. The standard InChI is InChI=1S/C16H34N2/c1-13(2)8-10-18(11-9-14(3)4)16(12-17)15-6-5-7-15/h13-16H,5-12,17H2,1-4H3. The van der Waals surface area contributed by atoms with Crippen molar-refractivity contribution in [2.75, 3.05) is 19.6 Å². The highest BCUT2D eigenvalue weighted by molar-refractivity contribution is 4.85. The molecule has 2 heteroatoms. The van der Waals surface area contributed by atoms with Crippen molar-refractivity contribution in [2.24, 2.45) is 23.5 Å². The van der Waals surface area contributed by atoms with Gasteiger partial charge in [0, 0.05) is 12.6 Å². The van der Waals surface area contributed by atoms with Crippen molar-refractivity contribution in [3.05, 3.63) is 0 Å². The van der Waals surface area contributed by atoms with Crippen LogP contribution in [0.25, 0.3) is 0 Å². The van der Waals surface area contributed by atoms with Crippen molar-refractivity contribution in [1.82, 2.24) is 4.90 Å². The molecular formula is C16H34N2. The Morgan fingerprint density at radius 1 is 1.00 bits per heavy atom. The Labute approximate surface area is 114 Å². The normalized spacial score (nSPS) is 18.7. The Kier molecular flexibility index (Phi) is 7.25. The van der Waals surface area contributed by atoms with Crippen LogP contribution in [0, 0.1) is 17.8 Å². The summed E-state index contributed by atoms with van der Waals surface area (Å²) in [7, 11) is 0. The lowest BCUT2D eigenvalue weighted by molar-refractivity contribution is 0.0914. The summed E-state index contributed by atoms with van der Waals surface area (Å²) in [5.74, 6) is 2.48. The average Bonchev–Trinajstić information content (AvgIpc) is 2.23. The van der Waals surface area contributed by atoms with E-state index in [1.165, 1.54) is 45.2 Å². The molecule has 0 spiro atoms. The molecule has 0 radical (unpaired) electrons. The highest BCUT2D eigenvalue weighted by Gasteiger charge is 2.30. The van der Waals surface area contributed by atoms with E-state index in [0.717, 1.165) is 24.3 Å². The molecule has 1 fully saturated rings. The minimum absolute atomic E-state index is 0.649. The second-order valence-corrected chi connectivity index (χ2v) is 6.90. The number of nitrogens with zero attached hydrogens (tertiary/aromatic N) is 1. The van der Waals surface area contributed by atoms with Gasteiger partial charge in [-0.2, -0.15) is 0 Å². The van der Waals surface area contributed by atoms with Crippen molar-refractivity contribution >= 4 is 0 Å². The van der Waals surface area contributed by atoms with Crippen LogP contribution in [-0.4, -0.2) is 30.6 Å². The minimum atomic E-state index is 0.649. The molecule has 2 nitrogen and oxygen atoms in total. The van der Waals surface area contributed by atoms with Crippen LogP contribution in [0.3, 0.4) is 0 Å². The van der Waals surface area contributed by atoms with E-state index in [-0.39, 0.29) is 0 Å². The minimum Gasteiger partial charge on any atom is -0.329 e. The van der Waals surface area contributed by atoms with E-state index < -0.39 is 0 Å². The molecule has 1 rings (SSSR count). The van der Waals surface area contributed by atoms with Gasteiger partial charge in [0.15, 0.2) is 0 Å². The molecule has 1 atom stereocenters. The van der Waals surface area contributed by atoms with Gasteiger partial charge >= 0.3 is 0 Å². The molecule has 0 aromatic heterocycles. The van der Waals surface area contributed by atoms with E-state index >= 15 is 0 Å². The first kappa shape index (κ1) is 16.0. The monoisotopic (exact) mass is 254 g/mol. The van der Waals surface area contributed by atoms with Gasteiger partial charge < -0.3 is 5.73 Å². The lowest BCUT2D eigenvalue weighted by atomic mass is 9.79. The van der Waals surface area contributed by atoms with Gasteiger partial charge in [0.05, 0.1) is 0 Å². The maximum absolute atomic E-state index is 6.06. The number of nitrogens with two attached hydrogens (primary N) is 1. The van der Waals surface area contributed by atoms with Crippen molar-refractivity contribution in [3.8, 4) is 0 Å². The van der Waals surface area contributed by atoms with Gasteiger partial charge in [-0.05, 0) is 56.5 Å². The van der Waals surface area contributed by atoms with Gasteiger partial charge in [0.1, 0.15) is 0 Å². The Morgan fingerprint density at radius 3 is 1.78 bits per heavy atom. The molecule has 0 aliphatic heterocycles. The summed E-state index contributed by atoms with van der Waals surface area (Å²) in [6.45, 7) is 12.6. The predicted molar refractivity (Wildman–Crippen MR) is 80.7 cm³/mol. The van der Waals surface area contributed by atoms with Crippen LogP contribution in [0.5, 0.6) is 0 Å². The van der Waals surface area contributed by atoms with Crippen LogP contribution in [0.4, 0.5) is 0 Å². The first-order valence-electron chi connectivity index (χ1n) is 7.98. The van der Waals surface area contributed by atoms with Crippen molar-refractivity contribution in [3.63, 3.8) is 0 Å². The zero-order chi connectivity index (χ0) is 13.5. The average molecular weight is 254 g/mol.